The van der Waals surface area contributed by atoms with Gasteiger partial charge in [0.05, 0.1) is 72.3 Å². The van der Waals surface area contributed by atoms with E-state index in [9.17, 15) is 28.0 Å². The Kier molecular flexibility index (Phi) is 6.81. The van der Waals surface area contributed by atoms with Crippen molar-refractivity contribution in [3.8, 4) is 28.8 Å². The predicted molar refractivity (Wildman–Crippen MR) is 153 cm³/mol. The number of nitriles is 1. The molecule has 0 spiro atoms. The van der Waals surface area contributed by atoms with Crippen LogP contribution in [0.5, 0.6) is 0 Å². The number of quaternary nitrogens is 1. The van der Waals surface area contributed by atoms with Crippen molar-refractivity contribution in [3.05, 3.63) is 88.1 Å². The number of nitrogens with one attached hydrogen (secondary N) is 1. The number of imidazole rings is 1. The van der Waals surface area contributed by atoms with Gasteiger partial charge in [0, 0.05) is 31.7 Å². The number of nitrogens with zero attached hydrogens (tertiary/aromatic N) is 6. The molecule has 1 N–H and O–H groups in total. The topological polar surface area (TPSA) is 97.6 Å². The average molecular weight is 591 g/mol. The SMILES string of the molecule is Cc1c(-c2ccnn2-c2ccc(C#N)cc2)n(C(=O)N[C@H]2C[C@H]3CC[C@@H](C2)[N+]3(C)C)c(=O)n1-c1cccc(C(F)(F)F)c1. The largest absolute Gasteiger partial charge is 0.416 e. The van der Waals surface area contributed by atoms with E-state index < -0.39 is 23.5 Å². The van der Waals surface area contributed by atoms with Gasteiger partial charge in [0.15, 0.2) is 0 Å². The molecule has 0 aliphatic carbocycles. The van der Waals surface area contributed by atoms with Crippen molar-refractivity contribution in [1.29, 1.82) is 5.26 Å². The molecular weight excluding hydrogens is 559 g/mol. The first-order valence-corrected chi connectivity index (χ1v) is 14.1. The first-order chi connectivity index (χ1) is 20.4. The fourth-order valence-corrected chi connectivity index (χ4v) is 6.82. The summed E-state index contributed by atoms with van der Waals surface area (Å²) in [5, 5.41) is 16.7. The van der Waals surface area contributed by atoms with Gasteiger partial charge in [-0.1, -0.05) is 6.07 Å². The molecule has 43 heavy (non-hydrogen) atoms. The number of amides is 1. The van der Waals surface area contributed by atoms with Crippen LogP contribution >= 0.6 is 0 Å². The van der Waals surface area contributed by atoms with E-state index in [1.165, 1.54) is 23.0 Å². The Bertz CT molecular complexity index is 1790. The first kappa shape index (κ1) is 28.5. The van der Waals surface area contributed by atoms with Crippen LogP contribution in [0.15, 0.2) is 65.6 Å². The highest BCUT2D eigenvalue weighted by molar-refractivity contribution is 5.83. The average Bonchev–Trinajstić information content (AvgIpc) is 3.56. The van der Waals surface area contributed by atoms with Gasteiger partial charge in [0.2, 0.25) is 0 Å². The van der Waals surface area contributed by atoms with Crippen LogP contribution in [-0.4, -0.2) is 61.6 Å². The monoisotopic (exact) mass is 590 g/mol. The van der Waals surface area contributed by atoms with Crippen LogP contribution in [0.3, 0.4) is 0 Å². The fraction of sp³-hybridized carbons (Fsp3) is 0.355. The van der Waals surface area contributed by atoms with Crippen LogP contribution in [0, 0.1) is 18.3 Å². The summed E-state index contributed by atoms with van der Waals surface area (Å²) < 4.78 is 45.4. The third-order valence-electron chi connectivity index (χ3n) is 9.20. The third-order valence-corrected chi connectivity index (χ3v) is 9.20. The van der Waals surface area contributed by atoms with E-state index >= 15 is 0 Å². The van der Waals surface area contributed by atoms with E-state index in [1.807, 2.05) is 0 Å². The lowest BCUT2D eigenvalue weighted by Gasteiger charge is -2.44. The summed E-state index contributed by atoms with van der Waals surface area (Å²) in [6.07, 6.45) is 0.594. The minimum absolute atomic E-state index is 0.00989. The van der Waals surface area contributed by atoms with Gasteiger partial charge in [0.25, 0.3) is 0 Å². The normalized spacial score (nSPS) is 21.0. The van der Waals surface area contributed by atoms with Gasteiger partial charge >= 0.3 is 17.9 Å². The van der Waals surface area contributed by atoms with Crippen molar-refractivity contribution in [3.63, 3.8) is 0 Å². The first-order valence-electron chi connectivity index (χ1n) is 14.1. The Hall–Kier alpha value is -4.63. The summed E-state index contributed by atoms with van der Waals surface area (Å²) in [6, 6.07) is 14.8. The van der Waals surface area contributed by atoms with Crippen LogP contribution in [-0.2, 0) is 6.18 Å². The molecule has 1 amide bonds. The maximum atomic E-state index is 14.0. The van der Waals surface area contributed by atoms with E-state index in [0.29, 0.717) is 29.0 Å². The van der Waals surface area contributed by atoms with Gasteiger partial charge in [-0.25, -0.2) is 18.8 Å². The molecule has 2 aromatic carbocycles. The highest BCUT2D eigenvalue weighted by Crippen LogP contribution is 2.39. The highest BCUT2D eigenvalue weighted by atomic mass is 19.4. The van der Waals surface area contributed by atoms with Crippen LogP contribution < -0.4 is 11.0 Å². The molecule has 2 fully saturated rings. The van der Waals surface area contributed by atoms with E-state index in [4.69, 9.17) is 0 Å². The number of alkyl halides is 3. The second-order valence-corrected chi connectivity index (χ2v) is 11.9. The number of rotatable bonds is 4. The number of hydrogen-bond donors (Lipinski definition) is 1. The van der Waals surface area contributed by atoms with Crippen molar-refractivity contribution in [2.24, 2.45) is 0 Å². The molecule has 4 aromatic rings. The molecule has 6 rings (SSSR count). The molecule has 2 aliphatic rings. The number of fused-ring (bicyclic) bond motifs is 2. The van der Waals surface area contributed by atoms with E-state index in [0.717, 1.165) is 51.4 Å². The molecule has 2 aromatic heterocycles. The standard InChI is InChI=1S/C31H30F3N7O2/c1-19-28(27-13-14-36-40(27)23-9-7-20(18-35)8-10-23)39(29(42)37-22-16-25-11-12-26(17-22)41(25,2)3)30(43)38(19)24-6-4-5-21(15-24)31(32,33)34/h4-10,13-15,22,25-26H,11-12,16-17H2,1-3H3/p+1/t22-,25+,26-. The Balaban J connectivity index is 1.48. The minimum Gasteiger partial charge on any atom is -0.334 e. The van der Waals surface area contributed by atoms with Crippen molar-refractivity contribution < 1.29 is 22.4 Å². The van der Waals surface area contributed by atoms with Crippen LogP contribution in [0.2, 0.25) is 0 Å². The molecule has 222 valence electrons. The summed E-state index contributed by atoms with van der Waals surface area (Å²) in [7, 11) is 4.43. The molecule has 0 saturated carbocycles. The molecule has 0 radical (unpaired) electrons. The summed E-state index contributed by atoms with van der Waals surface area (Å²) >= 11 is 0. The number of hydrogen-bond acceptors (Lipinski definition) is 4. The number of carbonyl (C=O) groups excluding carboxylic acids is 1. The molecular formula is C31H31F3N7O2+. The van der Waals surface area contributed by atoms with Gasteiger partial charge in [-0.05, 0) is 55.5 Å². The summed E-state index contributed by atoms with van der Waals surface area (Å²) in [5.41, 5.74) is 0.194. The lowest BCUT2D eigenvalue weighted by molar-refractivity contribution is -0.930. The smallest absolute Gasteiger partial charge is 0.334 e. The van der Waals surface area contributed by atoms with Gasteiger partial charge in [-0.2, -0.15) is 23.5 Å². The number of piperidine rings is 1. The van der Waals surface area contributed by atoms with Gasteiger partial charge in [-0.3, -0.25) is 4.57 Å². The van der Waals surface area contributed by atoms with E-state index in [-0.39, 0.29) is 23.1 Å². The van der Waals surface area contributed by atoms with Gasteiger partial charge < -0.3 is 9.80 Å². The highest BCUT2D eigenvalue weighted by Gasteiger charge is 2.49. The predicted octanol–water partition coefficient (Wildman–Crippen LogP) is 5.02. The molecule has 12 heteroatoms. The van der Waals surface area contributed by atoms with Crippen molar-refractivity contribution in [2.75, 3.05) is 14.1 Å². The zero-order chi connectivity index (χ0) is 30.7. The maximum absolute atomic E-state index is 14.0. The van der Waals surface area contributed by atoms with E-state index in [2.05, 4.69) is 30.6 Å². The van der Waals surface area contributed by atoms with Gasteiger partial charge in [-0.15, -0.1) is 0 Å². The number of benzene rings is 2. The van der Waals surface area contributed by atoms with Crippen molar-refractivity contribution in [1.82, 2.24) is 24.2 Å². The molecule has 4 heterocycles. The Morgan fingerprint density at radius 1 is 1.05 bits per heavy atom. The Morgan fingerprint density at radius 2 is 1.72 bits per heavy atom. The molecule has 2 aliphatic heterocycles. The third kappa shape index (κ3) is 4.83. The lowest BCUT2D eigenvalue weighted by atomic mass is 9.96. The second-order valence-electron chi connectivity index (χ2n) is 11.9. The Morgan fingerprint density at radius 3 is 2.35 bits per heavy atom. The van der Waals surface area contributed by atoms with Crippen LogP contribution in [0.4, 0.5) is 18.0 Å². The maximum Gasteiger partial charge on any atom is 0.416 e. The number of aromatic nitrogens is 4. The molecule has 0 unspecified atom stereocenters. The Labute approximate surface area is 246 Å². The number of carbonyl (C=O) groups is 1. The van der Waals surface area contributed by atoms with Gasteiger partial charge in [0.1, 0.15) is 5.69 Å². The molecule has 3 atom stereocenters. The van der Waals surface area contributed by atoms with Crippen LogP contribution in [0.1, 0.15) is 42.5 Å². The minimum atomic E-state index is -4.61. The van der Waals surface area contributed by atoms with E-state index in [1.54, 1.807) is 37.3 Å². The van der Waals surface area contributed by atoms with Crippen LogP contribution in [0.25, 0.3) is 22.8 Å². The molecule has 2 saturated heterocycles. The summed E-state index contributed by atoms with van der Waals surface area (Å²) in [4.78, 5) is 28.0. The quantitative estimate of drug-likeness (QED) is 0.338. The van der Waals surface area contributed by atoms with Crippen molar-refractivity contribution >= 4 is 6.03 Å². The second kappa shape index (κ2) is 10.3. The summed E-state index contributed by atoms with van der Waals surface area (Å²) in [5.74, 6) is 0. The lowest BCUT2D eigenvalue weighted by Crippen LogP contribution is -2.59. The zero-order valence-corrected chi connectivity index (χ0v) is 24.0. The zero-order valence-electron chi connectivity index (χ0n) is 24.0. The number of halogens is 3. The summed E-state index contributed by atoms with van der Waals surface area (Å²) in [6.45, 7) is 1.59. The molecule has 2 bridgehead atoms. The molecule has 9 nitrogen and oxygen atoms in total. The van der Waals surface area contributed by atoms with Crippen molar-refractivity contribution in [2.45, 2.75) is 56.9 Å². The fourth-order valence-electron chi connectivity index (χ4n) is 6.82.